The molecule has 0 aliphatic rings. The number of aryl methyl sites for hydroxylation is 1. The Morgan fingerprint density at radius 2 is 1.73 bits per heavy atom. The van der Waals surface area contributed by atoms with Gasteiger partial charge in [-0.1, -0.05) is 30.3 Å². The first kappa shape index (κ1) is 26.2. The number of halogens is 3. The number of carbonyl (C=O) groups is 2. The summed E-state index contributed by atoms with van der Waals surface area (Å²) in [5.74, 6) is -1.21. The highest BCUT2D eigenvalue weighted by Crippen LogP contribution is 2.32. The largest absolute Gasteiger partial charge is 0.416 e. The van der Waals surface area contributed by atoms with Crippen LogP contribution in [0.1, 0.15) is 23.6 Å². The third-order valence-electron chi connectivity index (χ3n) is 5.16. The van der Waals surface area contributed by atoms with Crippen molar-refractivity contribution in [2.24, 2.45) is 0 Å². The molecule has 1 atom stereocenters. The number of hydrogen-bond acceptors (Lipinski definition) is 4. The zero-order chi connectivity index (χ0) is 25.0. The van der Waals surface area contributed by atoms with E-state index in [1.54, 1.807) is 12.1 Å². The number of nitrogens with zero attached hydrogens (tertiary/aromatic N) is 2. The summed E-state index contributed by atoms with van der Waals surface area (Å²) in [6.07, 6.45) is -3.89. The van der Waals surface area contributed by atoms with Crippen molar-refractivity contribution in [1.82, 2.24) is 10.2 Å². The first-order valence-electron chi connectivity index (χ1n) is 9.96. The van der Waals surface area contributed by atoms with Gasteiger partial charge in [-0.25, -0.2) is 8.42 Å². The highest BCUT2D eigenvalue weighted by atomic mass is 32.2. The minimum atomic E-state index is -4.69. The molecule has 0 bridgehead atoms. The molecule has 0 aliphatic heterocycles. The van der Waals surface area contributed by atoms with Crippen LogP contribution in [0.5, 0.6) is 0 Å². The zero-order valence-corrected chi connectivity index (χ0v) is 19.5. The molecule has 0 aromatic heterocycles. The van der Waals surface area contributed by atoms with E-state index in [4.69, 9.17) is 0 Å². The SMILES string of the molecule is CNC(=O)[C@@H](C)N(Cc1ccccc1C)C(=O)CN(c1cccc(C(F)(F)F)c1)S(C)(=O)=O. The first-order chi connectivity index (χ1) is 15.3. The summed E-state index contributed by atoms with van der Waals surface area (Å²) in [6.45, 7) is 2.56. The Labute approximate surface area is 191 Å². The van der Waals surface area contributed by atoms with Crippen molar-refractivity contribution in [3.05, 3.63) is 65.2 Å². The van der Waals surface area contributed by atoms with Crippen LogP contribution in [-0.4, -0.2) is 51.0 Å². The van der Waals surface area contributed by atoms with E-state index >= 15 is 0 Å². The average Bonchev–Trinajstić information content (AvgIpc) is 2.74. The molecule has 0 saturated carbocycles. The van der Waals surface area contributed by atoms with E-state index in [2.05, 4.69) is 5.32 Å². The summed E-state index contributed by atoms with van der Waals surface area (Å²) in [6, 6.07) is 9.95. The summed E-state index contributed by atoms with van der Waals surface area (Å²) in [4.78, 5) is 26.7. The van der Waals surface area contributed by atoms with Crippen LogP contribution in [0.3, 0.4) is 0 Å². The van der Waals surface area contributed by atoms with Crippen molar-refractivity contribution in [2.75, 3.05) is 24.2 Å². The number of rotatable bonds is 8. The fourth-order valence-electron chi connectivity index (χ4n) is 3.21. The Kier molecular flexibility index (Phi) is 8.12. The summed E-state index contributed by atoms with van der Waals surface area (Å²) >= 11 is 0. The third kappa shape index (κ3) is 6.70. The van der Waals surface area contributed by atoms with Crippen molar-refractivity contribution in [2.45, 2.75) is 32.6 Å². The van der Waals surface area contributed by atoms with E-state index in [9.17, 15) is 31.2 Å². The molecule has 0 heterocycles. The maximum Gasteiger partial charge on any atom is 0.416 e. The fraction of sp³-hybridized carbons (Fsp3) is 0.364. The first-order valence-corrected chi connectivity index (χ1v) is 11.8. The number of likely N-dealkylation sites (N-methyl/N-ethyl adjacent to an activating group) is 1. The molecule has 2 aromatic rings. The molecule has 1 N–H and O–H groups in total. The van der Waals surface area contributed by atoms with Gasteiger partial charge in [0.1, 0.15) is 12.6 Å². The van der Waals surface area contributed by atoms with Crippen molar-refractivity contribution >= 4 is 27.5 Å². The molecular weight excluding hydrogens is 459 g/mol. The topological polar surface area (TPSA) is 86.8 Å². The molecule has 180 valence electrons. The van der Waals surface area contributed by atoms with E-state index in [1.807, 2.05) is 19.1 Å². The van der Waals surface area contributed by atoms with Crippen LogP contribution in [0, 0.1) is 6.92 Å². The lowest BCUT2D eigenvalue weighted by Crippen LogP contribution is -2.50. The fourth-order valence-corrected chi connectivity index (χ4v) is 4.06. The Bertz CT molecular complexity index is 1120. The van der Waals surface area contributed by atoms with Gasteiger partial charge >= 0.3 is 6.18 Å². The van der Waals surface area contributed by atoms with E-state index in [0.717, 1.165) is 29.5 Å². The molecule has 0 radical (unpaired) electrons. The van der Waals surface area contributed by atoms with Crippen molar-refractivity contribution < 1.29 is 31.2 Å². The van der Waals surface area contributed by atoms with Crippen LogP contribution >= 0.6 is 0 Å². The third-order valence-corrected chi connectivity index (χ3v) is 6.30. The molecular formula is C22H26F3N3O4S. The standard InChI is InChI=1S/C22H26F3N3O4S/c1-15-8-5-6-9-17(15)13-27(16(2)21(30)26-3)20(29)14-28(33(4,31)32)19-11-7-10-18(12-19)22(23,24)25/h5-12,16H,13-14H2,1-4H3,(H,26,30)/t16-/m1/s1. The van der Waals surface area contributed by atoms with Gasteiger partial charge in [0.15, 0.2) is 0 Å². The predicted octanol–water partition coefficient (Wildman–Crippen LogP) is 2.94. The quantitative estimate of drug-likeness (QED) is 0.623. The molecule has 33 heavy (non-hydrogen) atoms. The summed E-state index contributed by atoms with van der Waals surface area (Å²) in [5, 5.41) is 2.45. The monoisotopic (exact) mass is 485 g/mol. The van der Waals surface area contributed by atoms with Gasteiger partial charge in [0.2, 0.25) is 21.8 Å². The van der Waals surface area contributed by atoms with Gasteiger partial charge in [0.05, 0.1) is 17.5 Å². The second-order valence-corrected chi connectivity index (χ2v) is 9.46. The number of anilines is 1. The summed E-state index contributed by atoms with van der Waals surface area (Å²) in [5.41, 5.74) is 0.254. The van der Waals surface area contributed by atoms with E-state index in [1.165, 1.54) is 24.9 Å². The maximum absolute atomic E-state index is 13.3. The average molecular weight is 486 g/mol. The lowest BCUT2D eigenvalue weighted by Gasteiger charge is -2.31. The normalized spacial score (nSPS) is 12.7. The van der Waals surface area contributed by atoms with Gasteiger partial charge in [0, 0.05) is 13.6 Å². The van der Waals surface area contributed by atoms with Gasteiger partial charge in [-0.05, 0) is 43.2 Å². The minimum absolute atomic E-state index is 0.0142. The Hall–Kier alpha value is -3.08. The number of alkyl halides is 3. The molecule has 0 saturated heterocycles. The highest BCUT2D eigenvalue weighted by Gasteiger charge is 2.33. The van der Waals surface area contributed by atoms with Crippen LogP contribution in [0.15, 0.2) is 48.5 Å². The van der Waals surface area contributed by atoms with Gasteiger partial charge in [-0.15, -0.1) is 0 Å². The van der Waals surface area contributed by atoms with Crippen molar-refractivity contribution in [3.63, 3.8) is 0 Å². The van der Waals surface area contributed by atoms with Crippen LogP contribution in [0.2, 0.25) is 0 Å². The lowest BCUT2D eigenvalue weighted by atomic mass is 10.1. The minimum Gasteiger partial charge on any atom is -0.357 e. The number of nitrogens with one attached hydrogen (secondary N) is 1. The Morgan fingerprint density at radius 3 is 2.27 bits per heavy atom. The molecule has 0 aliphatic carbocycles. The number of benzene rings is 2. The second-order valence-electron chi connectivity index (χ2n) is 7.56. The van der Waals surface area contributed by atoms with Crippen LogP contribution in [-0.2, 0) is 32.3 Å². The maximum atomic E-state index is 13.3. The summed E-state index contributed by atoms with van der Waals surface area (Å²) < 4.78 is 64.9. The van der Waals surface area contributed by atoms with E-state index in [-0.39, 0.29) is 12.2 Å². The molecule has 7 nitrogen and oxygen atoms in total. The Morgan fingerprint density at radius 1 is 1.09 bits per heavy atom. The van der Waals surface area contributed by atoms with E-state index in [0.29, 0.717) is 10.4 Å². The van der Waals surface area contributed by atoms with Gasteiger partial charge in [-0.2, -0.15) is 13.2 Å². The number of hydrogen-bond donors (Lipinski definition) is 1. The zero-order valence-electron chi connectivity index (χ0n) is 18.7. The van der Waals surface area contributed by atoms with Crippen LogP contribution in [0.25, 0.3) is 0 Å². The molecule has 2 aromatic carbocycles. The number of carbonyl (C=O) groups excluding carboxylic acids is 2. The second kappa shape index (κ2) is 10.2. The van der Waals surface area contributed by atoms with Gasteiger partial charge < -0.3 is 10.2 Å². The molecule has 0 fully saturated rings. The molecule has 0 spiro atoms. The van der Waals surface area contributed by atoms with Crippen LogP contribution in [0.4, 0.5) is 18.9 Å². The smallest absolute Gasteiger partial charge is 0.357 e. The van der Waals surface area contributed by atoms with Crippen LogP contribution < -0.4 is 9.62 Å². The van der Waals surface area contributed by atoms with Crippen molar-refractivity contribution in [1.29, 1.82) is 0 Å². The highest BCUT2D eigenvalue weighted by molar-refractivity contribution is 7.92. The van der Waals surface area contributed by atoms with Gasteiger partial charge in [0.25, 0.3) is 0 Å². The lowest BCUT2D eigenvalue weighted by molar-refractivity contribution is -0.139. The molecule has 11 heteroatoms. The van der Waals surface area contributed by atoms with E-state index < -0.39 is 46.2 Å². The van der Waals surface area contributed by atoms with Gasteiger partial charge in [-0.3, -0.25) is 13.9 Å². The Balaban J connectivity index is 2.45. The number of amides is 2. The summed E-state index contributed by atoms with van der Waals surface area (Å²) in [7, 11) is -2.72. The van der Waals surface area contributed by atoms with Crippen molar-refractivity contribution in [3.8, 4) is 0 Å². The predicted molar refractivity (Wildman–Crippen MR) is 119 cm³/mol. The molecule has 2 amide bonds. The molecule has 2 rings (SSSR count). The molecule has 0 unspecified atom stereocenters. The number of sulfonamides is 1.